The molecule has 2 aromatic carbocycles. The van der Waals surface area contributed by atoms with Crippen LogP contribution >= 0.6 is 11.3 Å². The van der Waals surface area contributed by atoms with Gasteiger partial charge >= 0.3 is 5.97 Å². The van der Waals surface area contributed by atoms with Crippen LogP contribution in [-0.4, -0.2) is 29.7 Å². The van der Waals surface area contributed by atoms with Crippen molar-refractivity contribution in [2.75, 3.05) is 7.11 Å². The highest BCUT2D eigenvalue weighted by Crippen LogP contribution is 2.38. The van der Waals surface area contributed by atoms with Gasteiger partial charge < -0.3 is 24.1 Å². The topological polar surface area (TPSA) is 114 Å². The van der Waals surface area contributed by atoms with E-state index < -0.39 is 11.8 Å². The normalized spacial score (nSPS) is 11.2. The van der Waals surface area contributed by atoms with E-state index in [1.165, 1.54) is 18.4 Å². The van der Waals surface area contributed by atoms with E-state index in [9.17, 15) is 14.7 Å². The summed E-state index contributed by atoms with van der Waals surface area (Å²) in [6.45, 7) is 0. The first-order valence-corrected chi connectivity index (χ1v) is 10.9. The highest BCUT2D eigenvalue weighted by molar-refractivity contribution is 7.11. The standard InChI is InChI=1S/C25H17NO6S/c1-30-18-8-4-6-14-10-19(32-24(14)18)15-12-33-21(22(15)25(28)29)11-16(26)23(27)20-9-13-5-2-3-7-17(13)31-20/h2-10,12,26H,11H2,1H3,(H,28,29). The number of carboxylic acids is 1. The number of nitrogens with one attached hydrogen (secondary N) is 1. The largest absolute Gasteiger partial charge is 0.493 e. The fourth-order valence-corrected chi connectivity index (χ4v) is 4.79. The first kappa shape index (κ1) is 20.7. The second kappa shape index (κ2) is 8.07. The maximum Gasteiger partial charge on any atom is 0.337 e. The molecule has 5 aromatic rings. The number of carboxylic acid groups (broad SMARTS) is 1. The molecule has 0 saturated heterocycles. The van der Waals surface area contributed by atoms with Gasteiger partial charge in [-0.3, -0.25) is 4.79 Å². The summed E-state index contributed by atoms with van der Waals surface area (Å²) >= 11 is 1.17. The Labute approximate surface area is 191 Å². The van der Waals surface area contributed by atoms with Gasteiger partial charge in [0.1, 0.15) is 11.3 Å². The Morgan fingerprint density at radius 2 is 1.85 bits per heavy atom. The molecule has 8 heteroatoms. The lowest BCUT2D eigenvalue weighted by molar-refractivity contribution is 0.0697. The summed E-state index contributed by atoms with van der Waals surface area (Å²) in [6, 6.07) is 16.0. The van der Waals surface area contributed by atoms with Crippen LogP contribution in [0.3, 0.4) is 0 Å². The molecule has 3 aromatic heterocycles. The third kappa shape index (κ3) is 3.60. The number of carbonyl (C=O) groups is 2. The predicted octanol–water partition coefficient (Wildman–Crippen LogP) is 6.06. The maximum absolute atomic E-state index is 12.8. The molecule has 5 rings (SSSR count). The fourth-order valence-electron chi connectivity index (χ4n) is 3.76. The molecular formula is C25H17NO6S. The number of para-hydroxylation sites is 2. The highest BCUT2D eigenvalue weighted by atomic mass is 32.1. The van der Waals surface area contributed by atoms with Crippen LogP contribution < -0.4 is 4.74 Å². The van der Waals surface area contributed by atoms with E-state index in [0.717, 1.165) is 10.8 Å². The molecule has 0 fully saturated rings. The molecule has 0 saturated carbocycles. The molecule has 0 spiro atoms. The summed E-state index contributed by atoms with van der Waals surface area (Å²) in [5.41, 5.74) is 1.23. The number of methoxy groups -OCH3 is 1. The molecule has 0 radical (unpaired) electrons. The number of rotatable bonds is 7. The van der Waals surface area contributed by atoms with Crippen LogP contribution in [0.25, 0.3) is 33.3 Å². The molecular weight excluding hydrogens is 442 g/mol. The number of hydrogen-bond donors (Lipinski definition) is 2. The number of fused-ring (bicyclic) bond motifs is 2. The van der Waals surface area contributed by atoms with Crippen molar-refractivity contribution in [2.24, 2.45) is 0 Å². The summed E-state index contributed by atoms with van der Waals surface area (Å²) in [6.07, 6.45) is -0.133. The molecule has 0 bridgehead atoms. The molecule has 0 aliphatic rings. The minimum Gasteiger partial charge on any atom is -0.493 e. The average molecular weight is 459 g/mol. The number of furan rings is 2. The first-order valence-electron chi connectivity index (χ1n) is 9.97. The van der Waals surface area contributed by atoms with Gasteiger partial charge in [-0.05, 0) is 24.3 Å². The van der Waals surface area contributed by atoms with Crippen LogP contribution in [0.15, 0.2) is 68.8 Å². The lowest BCUT2D eigenvalue weighted by Crippen LogP contribution is -2.16. The highest BCUT2D eigenvalue weighted by Gasteiger charge is 2.26. The van der Waals surface area contributed by atoms with E-state index in [1.807, 2.05) is 24.3 Å². The number of ketones is 1. The van der Waals surface area contributed by atoms with Gasteiger partial charge in [-0.15, -0.1) is 11.3 Å². The van der Waals surface area contributed by atoms with Crippen LogP contribution in [-0.2, 0) is 6.42 Å². The molecule has 33 heavy (non-hydrogen) atoms. The van der Waals surface area contributed by atoms with E-state index in [4.69, 9.17) is 19.0 Å². The summed E-state index contributed by atoms with van der Waals surface area (Å²) in [5, 5.41) is 21.4. The van der Waals surface area contributed by atoms with Crippen molar-refractivity contribution in [1.29, 1.82) is 5.41 Å². The van der Waals surface area contributed by atoms with Gasteiger partial charge in [-0.25, -0.2) is 4.79 Å². The Hall–Kier alpha value is -4.17. The fraction of sp³-hybridized carbons (Fsp3) is 0.0800. The Bertz CT molecular complexity index is 1520. The Morgan fingerprint density at radius 1 is 1.06 bits per heavy atom. The van der Waals surface area contributed by atoms with E-state index in [2.05, 4.69) is 0 Å². The SMILES string of the molecule is COc1cccc2cc(-c3csc(CC(=N)C(=O)c4cc5ccccc5o4)c3C(=O)O)oc12. The van der Waals surface area contributed by atoms with Gasteiger partial charge in [0.2, 0.25) is 5.78 Å². The number of aromatic carboxylic acids is 1. The molecule has 2 N–H and O–H groups in total. The van der Waals surface area contributed by atoms with Crippen LogP contribution in [0.4, 0.5) is 0 Å². The molecule has 0 amide bonds. The van der Waals surface area contributed by atoms with Crippen molar-refractivity contribution < 1.29 is 28.3 Å². The van der Waals surface area contributed by atoms with Gasteiger partial charge in [0.05, 0.1) is 18.4 Å². The second-order valence-corrected chi connectivity index (χ2v) is 8.34. The van der Waals surface area contributed by atoms with Crippen molar-refractivity contribution in [3.05, 3.63) is 76.2 Å². The molecule has 0 aliphatic carbocycles. The summed E-state index contributed by atoms with van der Waals surface area (Å²) in [7, 11) is 1.53. The zero-order chi connectivity index (χ0) is 23.1. The van der Waals surface area contributed by atoms with Gasteiger partial charge in [0.25, 0.3) is 0 Å². The zero-order valence-corrected chi connectivity index (χ0v) is 18.2. The van der Waals surface area contributed by atoms with Crippen molar-refractivity contribution >= 4 is 50.7 Å². The third-order valence-electron chi connectivity index (χ3n) is 5.34. The number of benzene rings is 2. The molecule has 3 heterocycles. The van der Waals surface area contributed by atoms with Crippen molar-refractivity contribution in [1.82, 2.24) is 0 Å². The summed E-state index contributed by atoms with van der Waals surface area (Å²) in [5.74, 6) is -0.753. The summed E-state index contributed by atoms with van der Waals surface area (Å²) < 4.78 is 16.8. The molecule has 0 atom stereocenters. The number of carbonyl (C=O) groups excluding carboxylic acids is 1. The van der Waals surface area contributed by atoms with Crippen LogP contribution in [0.2, 0.25) is 0 Å². The Balaban J connectivity index is 1.48. The maximum atomic E-state index is 12.8. The lowest BCUT2D eigenvalue weighted by Gasteiger charge is -2.03. The lowest BCUT2D eigenvalue weighted by atomic mass is 10.0. The first-order chi connectivity index (χ1) is 16.0. The average Bonchev–Trinajstić information content (AvgIpc) is 3.53. The minimum absolute atomic E-state index is 0.0141. The smallest absolute Gasteiger partial charge is 0.337 e. The van der Waals surface area contributed by atoms with E-state index in [1.54, 1.807) is 35.7 Å². The quantitative estimate of drug-likeness (QED) is 0.226. The number of hydrogen-bond acceptors (Lipinski definition) is 7. The molecule has 7 nitrogen and oxygen atoms in total. The molecule has 0 unspecified atom stereocenters. The van der Waals surface area contributed by atoms with Crippen LogP contribution in [0, 0.1) is 5.41 Å². The van der Waals surface area contributed by atoms with Crippen molar-refractivity contribution in [3.63, 3.8) is 0 Å². The molecule has 0 aliphatic heterocycles. The van der Waals surface area contributed by atoms with Crippen LogP contribution in [0.5, 0.6) is 5.75 Å². The van der Waals surface area contributed by atoms with Gasteiger partial charge in [0, 0.05) is 33.0 Å². The minimum atomic E-state index is -1.15. The molecule has 164 valence electrons. The second-order valence-electron chi connectivity index (χ2n) is 7.37. The Morgan fingerprint density at radius 3 is 2.61 bits per heavy atom. The number of thiophene rings is 1. The van der Waals surface area contributed by atoms with Crippen LogP contribution in [0.1, 0.15) is 25.8 Å². The Kier molecular flexibility index (Phi) is 5.07. The van der Waals surface area contributed by atoms with Gasteiger partial charge in [0.15, 0.2) is 17.1 Å². The number of ether oxygens (including phenoxy) is 1. The van der Waals surface area contributed by atoms with Crippen molar-refractivity contribution in [3.8, 4) is 17.1 Å². The van der Waals surface area contributed by atoms with E-state index in [0.29, 0.717) is 33.1 Å². The predicted molar refractivity (Wildman–Crippen MR) is 125 cm³/mol. The zero-order valence-electron chi connectivity index (χ0n) is 17.4. The van der Waals surface area contributed by atoms with Gasteiger partial charge in [-0.2, -0.15) is 0 Å². The number of Topliss-reactive ketones (excluding diaryl/α,β-unsaturated/α-hetero) is 1. The van der Waals surface area contributed by atoms with E-state index in [-0.39, 0.29) is 23.5 Å². The van der Waals surface area contributed by atoms with Crippen molar-refractivity contribution in [2.45, 2.75) is 6.42 Å². The van der Waals surface area contributed by atoms with Gasteiger partial charge in [-0.1, -0.05) is 30.3 Å². The summed E-state index contributed by atoms with van der Waals surface area (Å²) in [4.78, 5) is 25.3. The van der Waals surface area contributed by atoms with E-state index >= 15 is 0 Å². The third-order valence-corrected chi connectivity index (χ3v) is 6.32. The monoisotopic (exact) mass is 459 g/mol.